The zero-order valence-electron chi connectivity index (χ0n) is 11.6. The molecule has 1 amide bonds. The fourth-order valence-electron chi connectivity index (χ4n) is 3.99. The fraction of sp³-hybridized carbons (Fsp3) is 0.857. The number of carbonyl (C=O) groups is 2. The molecule has 2 bridgehead atoms. The average molecular weight is 266 g/mol. The Morgan fingerprint density at radius 1 is 1.21 bits per heavy atom. The van der Waals surface area contributed by atoms with E-state index in [2.05, 4.69) is 10.2 Å². The highest BCUT2D eigenvalue weighted by atomic mass is 16.4. The molecule has 19 heavy (non-hydrogen) atoms. The fourth-order valence-corrected chi connectivity index (χ4v) is 3.99. The molecule has 3 heterocycles. The van der Waals surface area contributed by atoms with E-state index in [0.717, 1.165) is 32.5 Å². The first-order valence-corrected chi connectivity index (χ1v) is 7.17. The highest BCUT2D eigenvalue weighted by molar-refractivity contribution is 5.91. The zero-order chi connectivity index (χ0) is 13.8. The van der Waals surface area contributed by atoms with Crippen molar-refractivity contribution < 1.29 is 14.7 Å². The van der Waals surface area contributed by atoms with E-state index < -0.39 is 17.3 Å². The first kappa shape index (κ1) is 12.9. The summed E-state index contributed by atoms with van der Waals surface area (Å²) in [6.45, 7) is 6.95. The smallest absolute Gasteiger partial charge is 0.307 e. The molecule has 0 aromatic carbocycles. The maximum absolute atomic E-state index is 12.3. The van der Waals surface area contributed by atoms with Gasteiger partial charge in [-0.15, -0.1) is 0 Å². The second kappa shape index (κ2) is 4.20. The number of hydrogen-bond donors (Lipinski definition) is 2. The van der Waals surface area contributed by atoms with E-state index in [1.54, 1.807) is 0 Å². The normalized spacial score (nSPS) is 42.7. The van der Waals surface area contributed by atoms with Crippen molar-refractivity contribution in [3.8, 4) is 0 Å². The first-order valence-electron chi connectivity index (χ1n) is 7.17. The first-order chi connectivity index (χ1) is 8.91. The second-order valence-electron chi connectivity index (χ2n) is 6.87. The predicted molar refractivity (Wildman–Crippen MR) is 69.5 cm³/mol. The molecule has 0 aromatic rings. The van der Waals surface area contributed by atoms with E-state index in [1.165, 1.54) is 0 Å². The number of nitrogens with zero attached hydrogens (tertiary/aromatic N) is 1. The molecule has 5 nitrogen and oxygen atoms in total. The van der Waals surface area contributed by atoms with Crippen molar-refractivity contribution in [1.29, 1.82) is 0 Å². The van der Waals surface area contributed by atoms with Crippen molar-refractivity contribution in [2.75, 3.05) is 19.6 Å². The molecule has 2 N–H and O–H groups in total. The van der Waals surface area contributed by atoms with Gasteiger partial charge in [0.25, 0.3) is 0 Å². The van der Waals surface area contributed by atoms with Crippen molar-refractivity contribution in [1.82, 2.24) is 10.2 Å². The number of nitrogens with one attached hydrogen (secondary N) is 1. The van der Waals surface area contributed by atoms with Crippen LogP contribution >= 0.6 is 0 Å². The molecule has 3 aliphatic heterocycles. The van der Waals surface area contributed by atoms with Crippen LogP contribution in [0.1, 0.15) is 26.7 Å². The Kier molecular flexibility index (Phi) is 2.85. The van der Waals surface area contributed by atoms with E-state index >= 15 is 0 Å². The Morgan fingerprint density at radius 2 is 1.84 bits per heavy atom. The molecule has 0 aromatic heterocycles. The molecule has 1 saturated carbocycles. The average Bonchev–Trinajstić information content (AvgIpc) is 2.94. The molecule has 0 spiro atoms. The van der Waals surface area contributed by atoms with E-state index in [0.29, 0.717) is 5.92 Å². The molecule has 106 valence electrons. The van der Waals surface area contributed by atoms with Gasteiger partial charge in [0.05, 0.1) is 11.8 Å². The van der Waals surface area contributed by atoms with Crippen molar-refractivity contribution >= 4 is 11.9 Å². The van der Waals surface area contributed by atoms with Crippen LogP contribution in [0.15, 0.2) is 0 Å². The van der Waals surface area contributed by atoms with Gasteiger partial charge in [-0.2, -0.15) is 0 Å². The van der Waals surface area contributed by atoms with Crippen LogP contribution in [0.3, 0.4) is 0 Å². The number of carboxylic acids is 1. The summed E-state index contributed by atoms with van der Waals surface area (Å²) in [5, 5.41) is 12.2. The Hall–Kier alpha value is -1.10. The maximum Gasteiger partial charge on any atom is 0.307 e. The Bertz CT molecular complexity index is 413. The molecule has 0 radical (unpaired) electrons. The van der Waals surface area contributed by atoms with Crippen molar-refractivity contribution in [2.24, 2.45) is 23.2 Å². The highest BCUT2D eigenvalue weighted by Crippen LogP contribution is 2.58. The van der Waals surface area contributed by atoms with Gasteiger partial charge in [-0.3, -0.25) is 9.59 Å². The summed E-state index contributed by atoms with van der Waals surface area (Å²) in [6.07, 6.45) is 2.31. The van der Waals surface area contributed by atoms with E-state index in [4.69, 9.17) is 5.11 Å². The molecule has 5 heteroatoms. The monoisotopic (exact) mass is 266 g/mol. The van der Waals surface area contributed by atoms with Crippen LogP contribution in [-0.4, -0.2) is 47.6 Å². The van der Waals surface area contributed by atoms with Crippen LogP contribution in [-0.2, 0) is 9.59 Å². The topological polar surface area (TPSA) is 69.6 Å². The van der Waals surface area contributed by atoms with Gasteiger partial charge in [0.15, 0.2) is 0 Å². The van der Waals surface area contributed by atoms with Gasteiger partial charge in [-0.05, 0) is 37.3 Å². The largest absolute Gasteiger partial charge is 0.481 e. The second-order valence-corrected chi connectivity index (χ2v) is 6.87. The molecule has 4 aliphatic rings. The SMILES string of the molecule is CC1(C)C(C(=O)O)C1C(=O)NC1CN2CCC1CC2. The maximum atomic E-state index is 12.3. The van der Waals surface area contributed by atoms with E-state index in [9.17, 15) is 9.59 Å². The lowest BCUT2D eigenvalue weighted by Gasteiger charge is -2.45. The van der Waals surface area contributed by atoms with Gasteiger partial charge in [0, 0.05) is 12.6 Å². The standard InChI is InChI=1S/C14H22N2O3/c1-14(2)10(11(14)13(18)19)12(17)15-9-7-16-5-3-8(9)4-6-16/h8-11H,3-7H2,1-2H3,(H,15,17)(H,18,19). The molecule has 3 unspecified atom stereocenters. The lowest BCUT2D eigenvalue weighted by atomic mass is 9.84. The van der Waals surface area contributed by atoms with Crippen LogP contribution < -0.4 is 5.32 Å². The van der Waals surface area contributed by atoms with Crippen LogP contribution in [0.2, 0.25) is 0 Å². The number of carboxylic acid groups (broad SMARTS) is 1. The van der Waals surface area contributed by atoms with Gasteiger partial charge in [-0.1, -0.05) is 13.8 Å². The summed E-state index contributed by atoms with van der Waals surface area (Å²) < 4.78 is 0. The van der Waals surface area contributed by atoms with Gasteiger partial charge < -0.3 is 15.3 Å². The number of carbonyl (C=O) groups excluding carboxylic acids is 1. The molecular weight excluding hydrogens is 244 g/mol. The number of aliphatic carboxylic acids is 1. The molecule has 4 rings (SSSR count). The summed E-state index contributed by atoms with van der Waals surface area (Å²) in [6, 6.07) is 0.223. The minimum atomic E-state index is -0.848. The summed E-state index contributed by atoms with van der Waals surface area (Å²) >= 11 is 0. The van der Waals surface area contributed by atoms with Gasteiger partial charge >= 0.3 is 5.97 Å². The Balaban J connectivity index is 1.62. The number of amides is 1. The summed E-state index contributed by atoms with van der Waals surface area (Å²) in [5.41, 5.74) is -0.399. The molecule has 3 saturated heterocycles. The van der Waals surface area contributed by atoms with Gasteiger partial charge in [0.2, 0.25) is 5.91 Å². The molecule has 1 aliphatic carbocycles. The third-order valence-electron chi connectivity index (χ3n) is 5.36. The number of fused-ring (bicyclic) bond motifs is 3. The minimum absolute atomic E-state index is 0.0591. The molecule has 3 atom stereocenters. The third kappa shape index (κ3) is 2.04. The predicted octanol–water partition coefficient (Wildman–Crippen LogP) is 0.554. The van der Waals surface area contributed by atoms with Crippen LogP contribution in [0, 0.1) is 23.2 Å². The molecular formula is C14H22N2O3. The van der Waals surface area contributed by atoms with E-state index in [1.807, 2.05) is 13.8 Å². The summed E-state index contributed by atoms with van der Waals surface area (Å²) in [4.78, 5) is 25.8. The Labute approximate surface area is 113 Å². The summed E-state index contributed by atoms with van der Waals surface area (Å²) in [5.74, 6) is -1.21. The van der Waals surface area contributed by atoms with Crippen LogP contribution in [0.4, 0.5) is 0 Å². The minimum Gasteiger partial charge on any atom is -0.481 e. The van der Waals surface area contributed by atoms with Crippen LogP contribution in [0.5, 0.6) is 0 Å². The van der Waals surface area contributed by atoms with Crippen molar-refractivity contribution in [2.45, 2.75) is 32.7 Å². The summed E-state index contributed by atoms with van der Waals surface area (Å²) in [7, 11) is 0. The highest BCUT2D eigenvalue weighted by Gasteiger charge is 2.66. The number of piperidine rings is 3. The molecule has 4 fully saturated rings. The van der Waals surface area contributed by atoms with Crippen LogP contribution in [0.25, 0.3) is 0 Å². The number of hydrogen-bond acceptors (Lipinski definition) is 3. The quantitative estimate of drug-likeness (QED) is 0.783. The van der Waals surface area contributed by atoms with Gasteiger partial charge in [0.1, 0.15) is 0 Å². The van der Waals surface area contributed by atoms with Crippen molar-refractivity contribution in [3.05, 3.63) is 0 Å². The lowest BCUT2D eigenvalue weighted by Crippen LogP contribution is -2.57. The number of rotatable bonds is 3. The van der Waals surface area contributed by atoms with Gasteiger partial charge in [-0.25, -0.2) is 0 Å². The zero-order valence-corrected chi connectivity index (χ0v) is 11.6. The third-order valence-corrected chi connectivity index (χ3v) is 5.36. The lowest BCUT2D eigenvalue weighted by molar-refractivity contribution is -0.140. The van der Waals surface area contributed by atoms with Crippen molar-refractivity contribution in [3.63, 3.8) is 0 Å². The Morgan fingerprint density at radius 3 is 2.26 bits per heavy atom. The van der Waals surface area contributed by atoms with E-state index in [-0.39, 0.29) is 17.9 Å².